The van der Waals surface area contributed by atoms with Crippen molar-refractivity contribution >= 4 is 5.82 Å². The highest BCUT2D eigenvalue weighted by molar-refractivity contribution is 5.49. The molecule has 5 nitrogen and oxygen atoms in total. The highest BCUT2D eigenvalue weighted by atomic mass is 16.5. The summed E-state index contributed by atoms with van der Waals surface area (Å²) in [5.41, 5.74) is 1.84. The van der Waals surface area contributed by atoms with E-state index < -0.39 is 0 Å². The minimum atomic E-state index is 0.0480. The third kappa shape index (κ3) is 2.05. The zero-order valence-corrected chi connectivity index (χ0v) is 9.94. The Morgan fingerprint density at radius 3 is 2.94 bits per heavy atom. The maximum Gasteiger partial charge on any atom is 0.132 e. The quantitative estimate of drug-likeness (QED) is 0.794. The summed E-state index contributed by atoms with van der Waals surface area (Å²) in [6, 6.07) is 0. The molecule has 0 radical (unpaired) electrons. The zero-order chi connectivity index (χ0) is 11.5. The molecule has 0 amide bonds. The van der Waals surface area contributed by atoms with E-state index >= 15 is 0 Å². The number of hydrogen-bond donors (Lipinski definition) is 1. The smallest absolute Gasteiger partial charge is 0.132 e. The summed E-state index contributed by atoms with van der Waals surface area (Å²) in [6.07, 6.45) is 1.02. The van der Waals surface area contributed by atoms with Crippen LogP contribution in [0.5, 0.6) is 0 Å². The second-order valence-corrected chi connectivity index (χ2v) is 4.12. The Morgan fingerprint density at radius 1 is 1.38 bits per heavy atom. The molecule has 1 aromatic rings. The molecule has 90 valence electrons. The summed E-state index contributed by atoms with van der Waals surface area (Å²) in [6.45, 7) is 5.38. The number of anilines is 1. The molecule has 1 aliphatic rings. The Bertz CT molecular complexity index is 354. The number of ether oxygens (including phenoxy) is 1. The van der Waals surface area contributed by atoms with Crippen molar-refractivity contribution in [3.05, 3.63) is 11.3 Å². The van der Waals surface area contributed by atoms with Crippen molar-refractivity contribution in [3.8, 4) is 0 Å². The first-order valence-corrected chi connectivity index (χ1v) is 5.70. The molecule has 0 bridgehead atoms. The van der Waals surface area contributed by atoms with E-state index in [4.69, 9.17) is 4.74 Å². The Kier molecular flexibility index (Phi) is 3.46. The summed E-state index contributed by atoms with van der Waals surface area (Å²) in [5, 5.41) is 13.8. The highest BCUT2D eigenvalue weighted by Crippen LogP contribution is 2.23. The molecule has 1 aromatic heterocycles. The number of hydrogen-bond acceptors (Lipinski definition) is 4. The first-order chi connectivity index (χ1) is 7.74. The Balaban J connectivity index is 2.29. The number of aryl methyl sites for hydroxylation is 2. The molecule has 1 fully saturated rings. The number of aliphatic hydroxyl groups is 1. The SMILES string of the molecule is Cc1nn(C)c(N2CCCOCC2)c1CO. The van der Waals surface area contributed by atoms with Crippen molar-refractivity contribution in [2.75, 3.05) is 31.2 Å². The van der Waals surface area contributed by atoms with Gasteiger partial charge in [0.25, 0.3) is 0 Å². The van der Waals surface area contributed by atoms with Crippen molar-refractivity contribution in [1.82, 2.24) is 9.78 Å². The van der Waals surface area contributed by atoms with Gasteiger partial charge in [0.15, 0.2) is 0 Å². The van der Waals surface area contributed by atoms with Gasteiger partial charge in [-0.1, -0.05) is 0 Å². The van der Waals surface area contributed by atoms with Crippen molar-refractivity contribution < 1.29 is 9.84 Å². The maximum absolute atomic E-state index is 9.40. The van der Waals surface area contributed by atoms with E-state index in [0.29, 0.717) is 0 Å². The predicted molar refractivity (Wildman–Crippen MR) is 61.5 cm³/mol. The van der Waals surface area contributed by atoms with Gasteiger partial charge in [0.2, 0.25) is 0 Å². The van der Waals surface area contributed by atoms with Crippen LogP contribution in [0.2, 0.25) is 0 Å². The number of rotatable bonds is 2. The Morgan fingerprint density at radius 2 is 2.19 bits per heavy atom. The molecule has 0 saturated carbocycles. The van der Waals surface area contributed by atoms with Gasteiger partial charge in [-0.05, 0) is 13.3 Å². The lowest BCUT2D eigenvalue weighted by atomic mass is 10.2. The van der Waals surface area contributed by atoms with Crippen LogP contribution in [0.3, 0.4) is 0 Å². The average molecular weight is 225 g/mol. The summed E-state index contributed by atoms with van der Waals surface area (Å²) < 4.78 is 7.29. The molecule has 2 rings (SSSR count). The molecule has 16 heavy (non-hydrogen) atoms. The monoisotopic (exact) mass is 225 g/mol. The second-order valence-electron chi connectivity index (χ2n) is 4.12. The van der Waals surface area contributed by atoms with Crippen LogP contribution in [-0.4, -0.2) is 41.2 Å². The van der Waals surface area contributed by atoms with Gasteiger partial charge in [0.05, 0.1) is 18.9 Å². The van der Waals surface area contributed by atoms with E-state index in [1.54, 1.807) is 0 Å². The lowest BCUT2D eigenvalue weighted by Crippen LogP contribution is -2.28. The molecular formula is C11H19N3O2. The first kappa shape index (κ1) is 11.4. The molecule has 1 N–H and O–H groups in total. The highest BCUT2D eigenvalue weighted by Gasteiger charge is 2.19. The minimum Gasteiger partial charge on any atom is -0.391 e. The van der Waals surface area contributed by atoms with Gasteiger partial charge in [0, 0.05) is 32.3 Å². The summed E-state index contributed by atoms with van der Waals surface area (Å²) >= 11 is 0. The summed E-state index contributed by atoms with van der Waals surface area (Å²) in [4.78, 5) is 2.25. The first-order valence-electron chi connectivity index (χ1n) is 5.70. The third-order valence-corrected chi connectivity index (χ3v) is 2.99. The molecule has 0 spiro atoms. The largest absolute Gasteiger partial charge is 0.391 e. The van der Waals surface area contributed by atoms with E-state index in [1.807, 2.05) is 18.7 Å². The van der Waals surface area contributed by atoms with Crippen LogP contribution in [0.15, 0.2) is 0 Å². The Hall–Kier alpha value is -1.07. The lowest BCUT2D eigenvalue weighted by molar-refractivity contribution is 0.152. The van der Waals surface area contributed by atoms with Crippen LogP contribution in [0.4, 0.5) is 5.82 Å². The molecule has 0 aliphatic carbocycles. The predicted octanol–water partition coefficient (Wildman–Crippen LogP) is 0.448. The fourth-order valence-corrected chi connectivity index (χ4v) is 2.23. The zero-order valence-electron chi connectivity index (χ0n) is 9.94. The van der Waals surface area contributed by atoms with Crippen molar-refractivity contribution in [2.45, 2.75) is 20.0 Å². The van der Waals surface area contributed by atoms with Gasteiger partial charge in [0.1, 0.15) is 5.82 Å². The van der Waals surface area contributed by atoms with Crippen molar-refractivity contribution in [3.63, 3.8) is 0 Å². The van der Waals surface area contributed by atoms with Gasteiger partial charge >= 0.3 is 0 Å². The van der Waals surface area contributed by atoms with Crippen LogP contribution in [0.1, 0.15) is 17.7 Å². The van der Waals surface area contributed by atoms with Crippen LogP contribution < -0.4 is 4.90 Å². The summed E-state index contributed by atoms with van der Waals surface area (Å²) in [7, 11) is 1.92. The second kappa shape index (κ2) is 4.84. The van der Waals surface area contributed by atoms with Gasteiger partial charge in [-0.3, -0.25) is 4.68 Å². The molecular weight excluding hydrogens is 206 g/mol. The van der Waals surface area contributed by atoms with E-state index in [2.05, 4.69) is 10.00 Å². The van der Waals surface area contributed by atoms with Gasteiger partial charge in [-0.15, -0.1) is 0 Å². The van der Waals surface area contributed by atoms with Gasteiger partial charge in [-0.2, -0.15) is 5.10 Å². The molecule has 0 atom stereocenters. The van der Waals surface area contributed by atoms with E-state index in [9.17, 15) is 5.11 Å². The van der Waals surface area contributed by atoms with E-state index in [1.165, 1.54) is 0 Å². The van der Waals surface area contributed by atoms with Crippen LogP contribution in [-0.2, 0) is 18.4 Å². The molecule has 5 heteroatoms. The number of aliphatic hydroxyl groups excluding tert-OH is 1. The molecule has 1 saturated heterocycles. The fraction of sp³-hybridized carbons (Fsp3) is 0.727. The van der Waals surface area contributed by atoms with Gasteiger partial charge < -0.3 is 14.7 Å². The average Bonchev–Trinajstić information content (AvgIpc) is 2.48. The standard InChI is InChI=1S/C11H19N3O2/c1-9-10(8-15)11(13(2)12-9)14-4-3-6-16-7-5-14/h15H,3-8H2,1-2H3. The fourth-order valence-electron chi connectivity index (χ4n) is 2.23. The topological polar surface area (TPSA) is 50.5 Å². The van der Waals surface area contributed by atoms with Crippen LogP contribution >= 0.6 is 0 Å². The van der Waals surface area contributed by atoms with Crippen LogP contribution in [0, 0.1) is 6.92 Å². The van der Waals surface area contributed by atoms with Crippen molar-refractivity contribution in [2.24, 2.45) is 7.05 Å². The molecule has 0 unspecified atom stereocenters. The summed E-state index contributed by atoms with van der Waals surface area (Å²) in [5.74, 6) is 1.03. The lowest BCUT2D eigenvalue weighted by Gasteiger charge is -2.23. The third-order valence-electron chi connectivity index (χ3n) is 2.99. The van der Waals surface area contributed by atoms with E-state index in [-0.39, 0.29) is 6.61 Å². The minimum absolute atomic E-state index is 0.0480. The van der Waals surface area contributed by atoms with Crippen LogP contribution in [0.25, 0.3) is 0 Å². The number of nitrogens with zero attached hydrogens (tertiary/aromatic N) is 3. The normalized spacial score (nSPS) is 17.6. The van der Waals surface area contributed by atoms with E-state index in [0.717, 1.165) is 49.8 Å². The maximum atomic E-state index is 9.40. The molecule has 1 aliphatic heterocycles. The molecule has 0 aromatic carbocycles. The molecule has 2 heterocycles. The Labute approximate surface area is 95.6 Å². The van der Waals surface area contributed by atoms with Gasteiger partial charge in [-0.25, -0.2) is 0 Å². The number of aromatic nitrogens is 2. The van der Waals surface area contributed by atoms with Crippen molar-refractivity contribution in [1.29, 1.82) is 0 Å².